The molecule has 0 unspecified atom stereocenters. The Morgan fingerprint density at radius 2 is 1.91 bits per heavy atom. The summed E-state index contributed by atoms with van der Waals surface area (Å²) < 4.78 is 5.41. The Hall–Kier alpha value is -0.120. The molecule has 1 saturated heterocycles. The molecule has 1 aliphatic heterocycles. The third kappa shape index (κ3) is 4.35. The van der Waals surface area contributed by atoms with Crippen LogP contribution in [-0.4, -0.2) is 30.3 Å². The summed E-state index contributed by atoms with van der Waals surface area (Å²) in [7, 11) is 0. The van der Waals surface area contributed by atoms with Crippen molar-refractivity contribution in [1.29, 1.82) is 0 Å². The van der Waals surface area contributed by atoms with E-state index in [0.717, 1.165) is 19.7 Å². The van der Waals surface area contributed by atoms with Gasteiger partial charge in [-0.2, -0.15) is 0 Å². The van der Waals surface area contributed by atoms with E-state index in [0.29, 0.717) is 0 Å². The second-order valence-electron chi connectivity index (χ2n) is 3.08. The molecular weight excluding hydrogens is 140 g/mol. The molecular formula is C8H20N2O. The third-order valence-corrected chi connectivity index (χ3v) is 1.46. The lowest BCUT2D eigenvalue weighted by atomic mass is 10.1. The van der Waals surface area contributed by atoms with Crippen LogP contribution in [0.4, 0.5) is 0 Å². The lowest BCUT2D eigenvalue weighted by molar-refractivity contribution is -0.0864. The van der Waals surface area contributed by atoms with E-state index in [2.05, 4.69) is 0 Å². The molecule has 0 bridgehead atoms. The van der Waals surface area contributed by atoms with E-state index in [1.165, 1.54) is 0 Å². The van der Waals surface area contributed by atoms with Gasteiger partial charge in [-0.05, 0) is 13.8 Å². The van der Waals surface area contributed by atoms with Gasteiger partial charge in [0.15, 0.2) is 0 Å². The van der Waals surface area contributed by atoms with E-state index in [1.807, 2.05) is 27.7 Å². The van der Waals surface area contributed by atoms with E-state index in [-0.39, 0.29) is 5.60 Å². The average Bonchev–Trinajstić information content (AvgIpc) is 1.89. The monoisotopic (exact) mass is 160 g/mol. The number of rotatable bonds is 0. The first kappa shape index (κ1) is 10.9. The molecule has 11 heavy (non-hydrogen) atoms. The fourth-order valence-electron chi connectivity index (χ4n) is 1.05. The van der Waals surface area contributed by atoms with Crippen molar-refractivity contribution in [3.63, 3.8) is 0 Å². The Labute approximate surface area is 69.5 Å². The Morgan fingerprint density at radius 3 is 2.18 bits per heavy atom. The van der Waals surface area contributed by atoms with Gasteiger partial charge in [-0.3, -0.25) is 5.84 Å². The highest BCUT2D eigenvalue weighted by Gasteiger charge is 2.24. The molecule has 0 amide bonds. The minimum absolute atomic E-state index is 0.0486. The van der Waals surface area contributed by atoms with Gasteiger partial charge in [-0.15, -0.1) is 0 Å². The van der Waals surface area contributed by atoms with E-state index < -0.39 is 0 Å². The molecule has 0 radical (unpaired) electrons. The highest BCUT2D eigenvalue weighted by Crippen LogP contribution is 2.13. The van der Waals surface area contributed by atoms with Crippen LogP contribution in [-0.2, 0) is 4.74 Å². The second kappa shape index (κ2) is 4.70. The Bertz CT molecular complexity index is 104. The maximum Gasteiger partial charge on any atom is 0.0767 e. The van der Waals surface area contributed by atoms with Crippen molar-refractivity contribution in [3.05, 3.63) is 0 Å². The van der Waals surface area contributed by atoms with Gasteiger partial charge in [0.25, 0.3) is 0 Å². The fourth-order valence-corrected chi connectivity index (χ4v) is 1.05. The van der Waals surface area contributed by atoms with Crippen molar-refractivity contribution in [2.45, 2.75) is 33.3 Å². The second-order valence-corrected chi connectivity index (χ2v) is 3.08. The van der Waals surface area contributed by atoms with Crippen molar-refractivity contribution in [1.82, 2.24) is 5.01 Å². The predicted octanol–water partition coefficient (Wildman–Crippen LogP) is 0.997. The Balaban J connectivity index is 0.000000461. The molecule has 3 heteroatoms. The quantitative estimate of drug-likeness (QED) is 0.537. The van der Waals surface area contributed by atoms with Crippen LogP contribution < -0.4 is 5.84 Å². The molecule has 3 nitrogen and oxygen atoms in total. The SMILES string of the molecule is CC.CC1(C)CN(N)CCO1. The lowest BCUT2D eigenvalue weighted by Gasteiger charge is -2.35. The van der Waals surface area contributed by atoms with Crippen LogP contribution in [0.1, 0.15) is 27.7 Å². The summed E-state index contributed by atoms with van der Waals surface area (Å²) >= 11 is 0. The van der Waals surface area contributed by atoms with Crippen LogP contribution in [0.15, 0.2) is 0 Å². The van der Waals surface area contributed by atoms with Crippen LogP contribution in [0.5, 0.6) is 0 Å². The van der Waals surface area contributed by atoms with Crippen LogP contribution >= 0.6 is 0 Å². The molecule has 0 saturated carbocycles. The molecule has 0 aliphatic carbocycles. The summed E-state index contributed by atoms with van der Waals surface area (Å²) in [5.41, 5.74) is -0.0486. The molecule has 1 aliphatic rings. The highest BCUT2D eigenvalue weighted by atomic mass is 16.5. The highest BCUT2D eigenvalue weighted by molar-refractivity contribution is 4.75. The summed E-state index contributed by atoms with van der Waals surface area (Å²) in [5.74, 6) is 5.56. The maximum atomic E-state index is 5.56. The van der Waals surface area contributed by atoms with Gasteiger partial charge in [-0.25, -0.2) is 5.01 Å². The predicted molar refractivity (Wildman–Crippen MR) is 47.1 cm³/mol. The van der Waals surface area contributed by atoms with E-state index >= 15 is 0 Å². The number of morpholine rings is 1. The van der Waals surface area contributed by atoms with Gasteiger partial charge < -0.3 is 4.74 Å². The van der Waals surface area contributed by atoms with Crippen molar-refractivity contribution in [3.8, 4) is 0 Å². The molecule has 0 spiro atoms. The molecule has 2 N–H and O–H groups in total. The van der Waals surface area contributed by atoms with Gasteiger partial charge in [0, 0.05) is 13.1 Å². The first-order valence-electron chi connectivity index (χ1n) is 4.24. The molecule has 1 fully saturated rings. The molecule has 1 heterocycles. The van der Waals surface area contributed by atoms with Crippen molar-refractivity contribution >= 4 is 0 Å². The number of nitrogens with zero attached hydrogens (tertiary/aromatic N) is 1. The zero-order valence-electron chi connectivity index (χ0n) is 8.05. The first-order chi connectivity index (χ1) is 5.10. The Morgan fingerprint density at radius 1 is 1.36 bits per heavy atom. The number of hydrogen-bond donors (Lipinski definition) is 1. The lowest BCUT2D eigenvalue weighted by Crippen LogP contribution is -2.51. The number of hydrogen-bond acceptors (Lipinski definition) is 3. The number of ether oxygens (including phenoxy) is 1. The summed E-state index contributed by atoms with van der Waals surface area (Å²) in [5, 5.41) is 1.80. The minimum atomic E-state index is -0.0486. The largest absolute Gasteiger partial charge is 0.373 e. The molecule has 0 aromatic rings. The zero-order chi connectivity index (χ0) is 8.91. The summed E-state index contributed by atoms with van der Waals surface area (Å²) in [6.07, 6.45) is 0. The standard InChI is InChI=1S/C6H14N2O.C2H6/c1-6(2)5-8(7)3-4-9-6;1-2/h3-5,7H2,1-2H3;1-2H3. The minimum Gasteiger partial charge on any atom is -0.373 e. The van der Waals surface area contributed by atoms with Gasteiger partial charge >= 0.3 is 0 Å². The molecule has 0 aromatic carbocycles. The smallest absolute Gasteiger partial charge is 0.0767 e. The van der Waals surface area contributed by atoms with Gasteiger partial charge in [0.1, 0.15) is 0 Å². The number of nitrogens with two attached hydrogens (primary N) is 1. The van der Waals surface area contributed by atoms with Crippen LogP contribution in [0, 0.1) is 0 Å². The summed E-state index contributed by atoms with van der Waals surface area (Å²) in [6, 6.07) is 0. The van der Waals surface area contributed by atoms with E-state index in [1.54, 1.807) is 5.01 Å². The summed E-state index contributed by atoms with van der Waals surface area (Å²) in [6.45, 7) is 10.5. The van der Waals surface area contributed by atoms with Crippen LogP contribution in [0.25, 0.3) is 0 Å². The average molecular weight is 160 g/mol. The summed E-state index contributed by atoms with van der Waals surface area (Å²) in [4.78, 5) is 0. The van der Waals surface area contributed by atoms with Gasteiger partial charge in [-0.1, -0.05) is 13.8 Å². The molecule has 0 atom stereocenters. The normalized spacial score (nSPS) is 23.7. The fraction of sp³-hybridized carbons (Fsp3) is 1.00. The molecule has 0 aromatic heterocycles. The number of hydrazine groups is 1. The maximum absolute atomic E-state index is 5.56. The van der Waals surface area contributed by atoms with Crippen molar-refractivity contribution in [2.24, 2.45) is 5.84 Å². The van der Waals surface area contributed by atoms with Gasteiger partial charge in [0.2, 0.25) is 0 Å². The Kier molecular flexibility index (Phi) is 4.65. The first-order valence-corrected chi connectivity index (χ1v) is 4.24. The van der Waals surface area contributed by atoms with E-state index in [4.69, 9.17) is 10.6 Å². The van der Waals surface area contributed by atoms with Crippen molar-refractivity contribution in [2.75, 3.05) is 19.7 Å². The zero-order valence-corrected chi connectivity index (χ0v) is 8.05. The van der Waals surface area contributed by atoms with Gasteiger partial charge in [0.05, 0.1) is 12.2 Å². The van der Waals surface area contributed by atoms with Crippen molar-refractivity contribution < 1.29 is 4.74 Å². The van der Waals surface area contributed by atoms with Crippen LogP contribution in [0.2, 0.25) is 0 Å². The van der Waals surface area contributed by atoms with Crippen LogP contribution in [0.3, 0.4) is 0 Å². The topological polar surface area (TPSA) is 38.5 Å². The third-order valence-electron chi connectivity index (χ3n) is 1.46. The van der Waals surface area contributed by atoms with E-state index in [9.17, 15) is 0 Å². The molecule has 68 valence electrons. The molecule has 1 rings (SSSR count).